The maximum absolute atomic E-state index is 6.06. The second-order valence-electron chi connectivity index (χ2n) is 8.24. The number of thiophene rings is 1. The molecule has 2 fully saturated rings. The zero-order valence-corrected chi connectivity index (χ0v) is 16.8. The third kappa shape index (κ3) is 3.01. The molecule has 0 radical (unpaired) electrons. The molecule has 0 N–H and O–H groups in total. The van der Waals surface area contributed by atoms with Gasteiger partial charge < -0.3 is 9.64 Å². The maximum atomic E-state index is 6.06. The molecule has 28 heavy (non-hydrogen) atoms. The van der Waals surface area contributed by atoms with Gasteiger partial charge in [0.25, 0.3) is 0 Å². The quantitative estimate of drug-likeness (QED) is 0.676. The van der Waals surface area contributed by atoms with Crippen LogP contribution in [0.2, 0.25) is 0 Å². The Morgan fingerprint density at radius 3 is 2.96 bits per heavy atom. The van der Waals surface area contributed by atoms with Crippen molar-refractivity contribution in [2.45, 2.75) is 57.1 Å². The maximum Gasteiger partial charge on any atom is 0.141 e. The van der Waals surface area contributed by atoms with E-state index in [0.29, 0.717) is 5.92 Å². The van der Waals surface area contributed by atoms with E-state index < -0.39 is 0 Å². The molecule has 4 heterocycles. The van der Waals surface area contributed by atoms with E-state index in [0.717, 1.165) is 32.1 Å². The summed E-state index contributed by atoms with van der Waals surface area (Å²) in [7, 11) is 0. The van der Waals surface area contributed by atoms with Crippen molar-refractivity contribution in [2.75, 3.05) is 24.6 Å². The Bertz CT molecular complexity index is 994. The summed E-state index contributed by atoms with van der Waals surface area (Å²) in [5, 5.41) is 5.68. The Labute approximate surface area is 168 Å². The van der Waals surface area contributed by atoms with Crippen molar-refractivity contribution in [1.29, 1.82) is 0 Å². The number of rotatable bonds is 4. The molecule has 146 valence electrons. The standard InChI is InChI=1S/C21H25N5OS/c1-2-5-17-16(4-1)18-20(23-19(14-6-7-14)24-21(18)28-17)25-10-11-27-15(12-25)13-26-9-3-8-22-26/h3,8-9,14-15H,1-2,4-7,10-13H2. The molecular weight excluding hydrogens is 370 g/mol. The Morgan fingerprint density at radius 2 is 2.11 bits per heavy atom. The van der Waals surface area contributed by atoms with Crippen LogP contribution in [0.25, 0.3) is 10.2 Å². The van der Waals surface area contributed by atoms with Crippen LogP contribution in [0, 0.1) is 0 Å². The average Bonchev–Trinajstić information content (AvgIpc) is 3.33. The van der Waals surface area contributed by atoms with Gasteiger partial charge in [0.1, 0.15) is 16.5 Å². The third-order valence-corrected chi connectivity index (χ3v) is 7.33. The Kier molecular flexibility index (Phi) is 4.12. The van der Waals surface area contributed by atoms with Crippen LogP contribution in [-0.2, 0) is 24.1 Å². The summed E-state index contributed by atoms with van der Waals surface area (Å²) in [5.74, 6) is 2.81. The zero-order valence-electron chi connectivity index (χ0n) is 16.0. The van der Waals surface area contributed by atoms with E-state index in [1.54, 1.807) is 4.88 Å². The summed E-state index contributed by atoms with van der Waals surface area (Å²) >= 11 is 1.92. The van der Waals surface area contributed by atoms with Crippen molar-refractivity contribution in [1.82, 2.24) is 19.7 Å². The monoisotopic (exact) mass is 395 g/mol. The molecular formula is C21H25N5OS. The average molecular weight is 396 g/mol. The normalized spacial score (nSPS) is 22.6. The minimum atomic E-state index is 0.137. The van der Waals surface area contributed by atoms with E-state index >= 15 is 0 Å². The van der Waals surface area contributed by atoms with Crippen molar-refractivity contribution in [3.63, 3.8) is 0 Å². The fraction of sp³-hybridized carbons (Fsp3) is 0.571. The van der Waals surface area contributed by atoms with Crippen LogP contribution in [0.1, 0.15) is 47.9 Å². The van der Waals surface area contributed by atoms with Crippen LogP contribution in [0.15, 0.2) is 18.5 Å². The van der Waals surface area contributed by atoms with Crippen LogP contribution < -0.4 is 4.90 Å². The molecule has 7 heteroatoms. The summed E-state index contributed by atoms with van der Waals surface area (Å²) < 4.78 is 8.02. The summed E-state index contributed by atoms with van der Waals surface area (Å²) in [6.07, 6.45) is 11.4. The van der Waals surface area contributed by atoms with Crippen molar-refractivity contribution in [3.8, 4) is 0 Å². The van der Waals surface area contributed by atoms with E-state index in [1.807, 2.05) is 34.5 Å². The molecule has 1 atom stereocenters. The van der Waals surface area contributed by atoms with Gasteiger partial charge in [-0.05, 0) is 50.2 Å². The van der Waals surface area contributed by atoms with Crippen LogP contribution >= 0.6 is 11.3 Å². The highest BCUT2D eigenvalue weighted by atomic mass is 32.1. The van der Waals surface area contributed by atoms with Crippen molar-refractivity contribution in [2.24, 2.45) is 0 Å². The number of hydrogen-bond donors (Lipinski definition) is 0. The van der Waals surface area contributed by atoms with Gasteiger partial charge in [0.2, 0.25) is 0 Å². The van der Waals surface area contributed by atoms with Crippen molar-refractivity contribution >= 4 is 27.4 Å². The number of anilines is 1. The number of morpholine rings is 1. The van der Waals surface area contributed by atoms with Crippen molar-refractivity contribution in [3.05, 3.63) is 34.7 Å². The molecule has 3 aliphatic rings. The summed E-state index contributed by atoms with van der Waals surface area (Å²) in [6.45, 7) is 3.29. The molecule has 6 nitrogen and oxygen atoms in total. The van der Waals surface area contributed by atoms with Gasteiger partial charge >= 0.3 is 0 Å². The van der Waals surface area contributed by atoms with Gasteiger partial charge in [0.05, 0.1) is 24.6 Å². The van der Waals surface area contributed by atoms with Gasteiger partial charge in [-0.3, -0.25) is 4.68 Å². The number of hydrogen-bond acceptors (Lipinski definition) is 6. The molecule has 1 unspecified atom stereocenters. The Morgan fingerprint density at radius 1 is 1.18 bits per heavy atom. The van der Waals surface area contributed by atoms with Crippen LogP contribution in [0.3, 0.4) is 0 Å². The Hall–Kier alpha value is -1.99. The van der Waals surface area contributed by atoms with E-state index in [4.69, 9.17) is 14.7 Å². The third-order valence-electron chi connectivity index (χ3n) is 6.14. The Balaban J connectivity index is 1.39. The molecule has 1 saturated heterocycles. The predicted octanol–water partition coefficient (Wildman–Crippen LogP) is 3.55. The number of aromatic nitrogens is 4. The SMILES string of the molecule is c1cnn(CC2CN(c3nc(C4CC4)nc4sc5c(c34)CCCC5)CCO2)c1. The highest BCUT2D eigenvalue weighted by Gasteiger charge is 2.32. The topological polar surface area (TPSA) is 56.1 Å². The molecule has 0 bridgehead atoms. The van der Waals surface area contributed by atoms with E-state index in [2.05, 4.69) is 10.00 Å². The minimum absolute atomic E-state index is 0.137. The number of aryl methyl sites for hydroxylation is 2. The summed E-state index contributed by atoms with van der Waals surface area (Å²) in [4.78, 5) is 15.4. The van der Waals surface area contributed by atoms with E-state index in [9.17, 15) is 0 Å². The summed E-state index contributed by atoms with van der Waals surface area (Å²) in [6, 6.07) is 1.97. The number of ether oxygens (including phenoxy) is 1. The first-order valence-corrected chi connectivity index (χ1v) is 11.3. The van der Waals surface area contributed by atoms with Crippen LogP contribution in [0.5, 0.6) is 0 Å². The first kappa shape index (κ1) is 16.9. The second-order valence-corrected chi connectivity index (χ2v) is 9.32. The number of fused-ring (bicyclic) bond motifs is 3. The second kappa shape index (κ2) is 6.81. The minimum Gasteiger partial charge on any atom is -0.373 e. The van der Waals surface area contributed by atoms with Crippen molar-refractivity contribution < 1.29 is 4.74 Å². The largest absolute Gasteiger partial charge is 0.373 e. The number of nitrogens with zero attached hydrogens (tertiary/aromatic N) is 5. The molecule has 0 aromatic carbocycles. The first-order valence-electron chi connectivity index (χ1n) is 10.5. The highest BCUT2D eigenvalue weighted by Crippen LogP contribution is 2.44. The zero-order chi connectivity index (χ0) is 18.5. The van der Waals surface area contributed by atoms with Crippen LogP contribution in [-0.4, -0.2) is 45.5 Å². The lowest BCUT2D eigenvalue weighted by Crippen LogP contribution is -2.45. The molecule has 0 amide bonds. The van der Waals surface area contributed by atoms with Gasteiger partial charge in [-0.1, -0.05) is 0 Å². The molecule has 3 aromatic rings. The fourth-order valence-corrected chi connectivity index (χ4v) is 5.81. The van der Waals surface area contributed by atoms with Gasteiger partial charge in [-0.25, -0.2) is 9.97 Å². The summed E-state index contributed by atoms with van der Waals surface area (Å²) in [5.41, 5.74) is 1.53. The van der Waals surface area contributed by atoms with Gasteiger partial charge in [0.15, 0.2) is 0 Å². The van der Waals surface area contributed by atoms with E-state index in [-0.39, 0.29) is 6.10 Å². The van der Waals surface area contributed by atoms with Gasteiger partial charge in [-0.2, -0.15) is 5.10 Å². The highest BCUT2D eigenvalue weighted by molar-refractivity contribution is 7.19. The predicted molar refractivity (Wildman–Crippen MR) is 110 cm³/mol. The smallest absolute Gasteiger partial charge is 0.141 e. The van der Waals surface area contributed by atoms with Gasteiger partial charge in [0, 0.05) is 36.3 Å². The molecule has 1 saturated carbocycles. The molecule has 3 aromatic heterocycles. The van der Waals surface area contributed by atoms with Gasteiger partial charge in [-0.15, -0.1) is 11.3 Å². The molecule has 2 aliphatic carbocycles. The molecule has 0 spiro atoms. The molecule has 6 rings (SSSR count). The lowest BCUT2D eigenvalue weighted by Gasteiger charge is -2.34. The lowest BCUT2D eigenvalue weighted by molar-refractivity contribution is 0.0272. The molecule has 1 aliphatic heterocycles. The fourth-order valence-electron chi connectivity index (χ4n) is 4.55. The van der Waals surface area contributed by atoms with E-state index in [1.165, 1.54) is 60.1 Å². The lowest BCUT2D eigenvalue weighted by atomic mass is 9.96. The van der Waals surface area contributed by atoms with Crippen LogP contribution in [0.4, 0.5) is 5.82 Å². The first-order chi connectivity index (χ1) is 13.8.